The number of hydrogen-bond acceptors (Lipinski definition) is 3. The van der Waals surface area contributed by atoms with E-state index in [9.17, 15) is 13.2 Å². The predicted molar refractivity (Wildman–Crippen MR) is 92.0 cm³/mol. The van der Waals surface area contributed by atoms with E-state index in [0.717, 1.165) is 12.1 Å². The minimum atomic E-state index is -3.15. The molecule has 3 rings (SSSR count). The number of amides is 1. The summed E-state index contributed by atoms with van der Waals surface area (Å²) >= 11 is 0. The van der Waals surface area contributed by atoms with E-state index in [1.807, 2.05) is 0 Å². The van der Waals surface area contributed by atoms with Crippen molar-refractivity contribution in [2.45, 2.75) is 44.9 Å². The van der Waals surface area contributed by atoms with Gasteiger partial charge in [0.05, 0.1) is 11.4 Å². The Balaban J connectivity index is 1.54. The first kappa shape index (κ1) is 16.3. The molecule has 126 valence electrons. The first-order valence-electron chi connectivity index (χ1n) is 8.45. The van der Waals surface area contributed by atoms with Crippen LogP contribution < -0.4 is 9.62 Å². The molecule has 1 saturated carbocycles. The highest BCUT2D eigenvalue weighted by Crippen LogP contribution is 2.29. The molecule has 1 amide bonds. The van der Waals surface area contributed by atoms with Gasteiger partial charge in [0.2, 0.25) is 15.9 Å². The van der Waals surface area contributed by atoms with E-state index in [-0.39, 0.29) is 11.7 Å². The minimum absolute atomic E-state index is 0.0402. The summed E-state index contributed by atoms with van der Waals surface area (Å²) in [6, 6.07) is 7.07. The number of nitrogens with zero attached hydrogens (tertiary/aromatic N) is 1. The molecule has 1 aliphatic heterocycles. The lowest BCUT2D eigenvalue weighted by Gasteiger charge is -2.17. The van der Waals surface area contributed by atoms with Gasteiger partial charge in [0.25, 0.3) is 0 Å². The second kappa shape index (κ2) is 6.91. The number of carbonyl (C=O) groups excluding carboxylic acids is 1. The summed E-state index contributed by atoms with van der Waals surface area (Å²) in [5.41, 5.74) is 1.40. The molecule has 6 heteroatoms. The number of sulfonamides is 1. The normalized spacial score (nSPS) is 20.8. The van der Waals surface area contributed by atoms with Gasteiger partial charge in [0, 0.05) is 18.7 Å². The summed E-state index contributed by atoms with van der Waals surface area (Å²) in [4.78, 5) is 12.0. The summed E-state index contributed by atoms with van der Waals surface area (Å²) in [7, 11) is -3.15. The lowest BCUT2D eigenvalue weighted by atomic mass is 10.0. The second-order valence-corrected chi connectivity index (χ2v) is 8.54. The molecule has 0 bridgehead atoms. The van der Waals surface area contributed by atoms with Crippen molar-refractivity contribution in [1.82, 2.24) is 0 Å². The van der Waals surface area contributed by atoms with Gasteiger partial charge in [-0.05, 0) is 43.0 Å². The van der Waals surface area contributed by atoms with Gasteiger partial charge in [-0.3, -0.25) is 9.10 Å². The van der Waals surface area contributed by atoms with Crippen LogP contribution in [0.25, 0.3) is 0 Å². The summed E-state index contributed by atoms with van der Waals surface area (Å²) in [5.74, 6) is 0.967. The molecule has 2 aliphatic rings. The number of benzene rings is 1. The van der Waals surface area contributed by atoms with Crippen molar-refractivity contribution < 1.29 is 13.2 Å². The maximum atomic E-state index is 12.0. The molecule has 0 unspecified atom stereocenters. The Hall–Kier alpha value is -1.56. The van der Waals surface area contributed by atoms with Crippen molar-refractivity contribution in [3.63, 3.8) is 0 Å². The second-order valence-electron chi connectivity index (χ2n) is 6.53. The summed E-state index contributed by atoms with van der Waals surface area (Å²) in [6.45, 7) is 0.537. The average Bonchev–Trinajstić information content (AvgIpc) is 3.15. The maximum Gasteiger partial charge on any atom is 0.235 e. The quantitative estimate of drug-likeness (QED) is 0.898. The van der Waals surface area contributed by atoms with Crippen LogP contribution >= 0.6 is 0 Å². The molecule has 5 nitrogen and oxygen atoms in total. The molecule has 1 saturated heterocycles. The van der Waals surface area contributed by atoms with Crippen LogP contribution in [0.3, 0.4) is 0 Å². The Kier molecular flexibility index (Phi) is 4.90. The Labute approximate surface area is 138 Å². The molecule has 0 atom stereocenters. The van der Waals surface area contributed by atoms with Gasteiger partial charge in [-0.25, -0.2) is 8.42 Å². The van der Waals surface area contributed by atoms with Crippen LogP contribution in [0.15, 0.2) is 24.3 Å². The Bertz CT molecular complexity index is 649. The fourth-order valence-electron chi connectivity index (χ4n) is 3.50. The molecule has 0 spiro atoms. The molecule has 0 aromatic heterocycles. The Morgan fingerprint density at radius 1 is 1.13 bits per heavy atom. The third kappa shape index (κ3) is 4.05. The topological polar surface area (TPSA) is 66.5 Å². The van der Waals surface area contributed by atoms with Gasteiger partial charge < -0.3 is 5.32 Å². The van der Waals surface area contributed by atoms with E-state index >= 15 is 0 Å². The van der Waals surface area contributed by atoms with E-state index in [0.29, 0.717) is 31.0 Å². The van der Waals surface area contributed by atoms with Crippen LogP contribution in [0, 0.1) is 5.92 Å². The summed E-state index contributed by atoms with van der Waals surface area (Å²) in [5, 5.41) is 2.90. The SMILES string of the molecule is O=C(CCC1CCCC1)Nc1ccc(N2CCCS2(=O)=O)cc1. The van der Waals surface area contributed by atoms with Gasteiger partial charge in [-0.2, -0.15) is 0 Å². The van der Waals surface area contributed by atoms with Gasteiger partial charge in [0.1, 0.15) is 0 Å². The zero-order chi connectivity index (χ0) is 16.3. The molecule has 1 aromatic carbocycles. The van der Waals surface area contributed by atoms with Crippen LogP contribution in [-0.4, -0.2) is 26.6 Å². The molecular weight excluding hydrogens is 312 g/mol. The highest BCUT2D eigenvalue weighted by atomic mass is 32.2. The largest absolute Gasteiger partial charge is 0.326 e. The molecule has 1 heterocycles. The lowest BCUT2D eigenvalue weighted by molar-refractivity contribution is -0.116. The van der Waals surface area contributed by atoms with Gasteiger partial charge in [-0.15, -0.1) is 0 Å². The fraction of sp³-hybridized carbons (Fsp3) is 0.588. The van der Waals surface area contributed by atoms with E-state index in [2.05, 4.69) is 5.32 Å². The highest BCUT2D eigenvalue weighted by Gasteiger charge is 2.28. The molecule has 1 aliphatic carbocycles. The lowest BCUT2D eigenvalue weighted by Crippen LogP contribution is -2.25. The van der Waals surface area contributed by atoms with Gasteiger partial charge in [0.15, 0.2) is 0 Å². The zero-order valence-corrected chi connectivity index (χ0v) is 14.1. The summed E-state index contributed by atoms with van der Waals surface area (Å²) in [6.07, 6.45) is 7.31. The third-order valence-electron chi connectivity index (χ3n) is 4.79. The molecular formula is C17H24N2O3S. The van der Waals surface area contributed by atoms with Gasteiger partial charge in [-0.1, -0.05) is 25.7 Å². The van der Waals surface area contributed by atoms with E-state index in [1.165, 1.54) is 30.0 Å². The number of rotatable bonds is 5. The van der Waals surface area contributed by atoms with Gasteiger partial charge >= 0.3 is 0 Å². The monoisotopic (exact) mass is 336 g/mol. The third-order valence-corrected chi connectivity index (χ3v) is 6.66. The van der Waals surface area contributed by atoms with Crippen LogP contribution in [0.1, 0.15) is 44.9 Å². The first-order valence-corrected chi connectivity index (χ1v) is 10.1. The predicted octanol–water partition coefficient (Wildman–Crippen LogP) is 3.14. The summed E-state index contributed by atoms with van der Waals surface area (Å²) < 4.78 is 25.2. The van der Waals surface area contributed by atoms with Crippen LogP contribution in [0.2, 0.25) is 0 Å². The average molecular weight is 336 g/mol. The van der Waals surface area contributed by atoms with E-state index < -0.39 is 10.0 Å². The van der Waals surface area contributed by atoms with Crippen molar-refractivity contribution in [2.75, 3.05) is 21.9 Å². The zero-order valence-electron chi connectivity index (χ0n) is 13.3. The van der Waals surface area contributed by atoms with Crippen LogP contribution in [0.4, 0.5) is 11.4 Å². The van der Waals surface area contributed by atoms with Crippen molar-refractivity contribution >= 4 is 27.3 Å². The number of carbonyl (C=O) groups is 1. The molecule has 1 aromatic rings. The number of anilines is 2. The van der Waals surface area contributed by atoms with Crippen molar-refractivity contribution in [1.29, 1.82) is 0 Å². The molecule has 0 radical (unpaired) electrons. The van der Waals surface area contributed by atoms with Crippen LogP contribution in [-0.2, 0) is 14.8 Å². The maximum absolute atomic E-state index is 12.0. The first-order chi connectivity index (χ1) is 11.0. The van der Waals surface area contributed by atoms with E-state index in [4.69, 9.17) is 0 Å². The smallest absolute Gasteiger partial charge is 0.235 e. The van der Waals surface area contributed by atoms with Crippen LogP contribution in [0.5, 0.6) is 0 Å². The molecule has 1 N–H and O–H groups in total. The number of nitrogens with one attached hydrogen (secondary N) is 1. The van der Waals surface area contributed by atoms with E-state index in [1.54, 1.807) is 24.3 Å². The Morgan fingerprint density at radius 2 is 1.83 bits per heavy atom. The van der Waals surface area contributed by atoms with Crippen molar-refractivity contribution in [3.8, 4) is 0 Å². The highest BCUT2D eigenvalue weighted by molar-refractivity contribution is 7.93. The minimum Gasteiger partial charge on any atom is -0.326 e. The Morgan fingerprint density at radius 3 is 2.43 bits per heavy atom. The molecule has 2 fully saturated rings. The fourth-order valence-corrected chi connectivity index (χ4v) is 5.06. The standard InChI is InChI=1S/C17H24N2O3S/c20-17(11-6-14-4-1-2-5-14)18-15-7-9-16(10-8-15)19-12-3-13-23(19,21)22/h7-10,14H,1-6,11-13H2,(H,18,20). The number of hydrogen-bond donors (Lipinski definition) is 1. The molecule has 23 heavy (non-hydrogen) atoms. The van der Waals surface area contributed by atoms with Crippen molar-refractivity contribution in [3.05, 3.63) is 24.3 Å². The van der Waals surface area contributed by atoms with Crippen molar-refractivity contribution in [2.24, 2.45) is 5.92 Å².